The molecule has 0 radical (unpaired) electrons. The fourth-order valence-electron chi connectivity index (χ4n) is 8.61. The van der Waals surface area contributed by atoms with Gasteiger partial charge >= 0.3 is 0 Å². The number of fused-ring (bicyclic) bond motifs is 11. The largest absolute Gasteiger partial charge is 0.454 e. The highest BCUT2D eigenvalue weighted by atomic mass is 32.1. The topological polar surface area (TPSA) is 21.3 Å². The van der Waals surface area contributed by atoms with E-state index in [0.717, 1.165) is 50.2 Å². The number of aromatic nitrogens is 1. The van der Waals surface area contributed by atoms with Gasteiger partial charge in [0.25, 0.3) is 0 Å². The van der Waals surface area contributed by atoms with E-state index in [9.17, 15) is 0 Å². The number of para-hydroxylation sites is 3. The minimum Gasteiger partial charge on any atom is -0.454 e. The van der Waals surface area contributed by atoms with Crippen LogP contribution in [0.2, 0.25) is 0 Å². The Morgan fingerprint density at radius 3 is 1.83 bits per heavy atom. The molecule has 0 amide bonds. The fraction of sp³-hybridized carbons (Fsp3) is 0. The third-order valence-corrected chi connectivity index (χ3v) is 12.2. The van der Waals surface area contributed by atoms with Crippen molar-refractivity contribution in [1.82, 2.24) is 4.57 Å². The van der Waals surface area contributed by atoms with E-state index in [1.807, 2.05) is 17.4 Å². The van der Waals surface area contributed by atoms with E-state index in [-0.39, 0.29) is 0 Å². The van der Waals surface area contributed by atoms with Crippen LogP contribution >= 0.6 is 11.3 Å². The Balaban J connectivity index is 1.15. The number of anilines is 3. The Morgan fingerprint density at radius 2 is 1.02 bits per heavy atom. The first kappa shape index (κ1) is 29.7. The number of benzene rings is 9. The van der Waals surface area contributed by atoms with Gasteiger partial charge in [-0.25, -0.2) is 0 Å². The lowest BCUT2D eigenvalue weighted by Crippen LogP contribution is -2.10. The molecule has 0 N–H and O–H groups in total. The lowest BCUT2D eigenvalue weighted by atomic mass is 10.0. The summed E-state index contributed by atoms with van der Waals surface area (Å²) in [7, 11) is 0. The van der Waals surface area contributed by atoms with Crippen LogP contribution in [0.4, 0.5) is 17.1 Å². The highest BCUT2D eigenvalue weighted by Crippen LogP contribution is 2.46. The van der Waals surface area contributed by atoms with Gasteiger partial charge in [0.05, 0.1) is 16.7 Å². The van der Waals surface area contributed by atoms with E-state index in [1.54, 1.807) is 0 Å². The maximum absolute atomic E-state index is 6.72. The summed E-state index contributed by atoms with van der Waals surface area (Å²) in [5.74, 6) is 0. The molecule has 0 aliphatic carbocycles. The van der Waals surface area contributed by atoms with Crippen LogP contribution in [0.3, 0.4) is 0 Å². The minimum absolute atomic E-state index is 0.872. The van der Waals surface area contributed by atoms with Crippen LogP contribution in [0.1, 0.15) is 0 Å². The number of hydrogen-bond donors (Lipinski definition) is 0. The second-order valence-electron chi connectivity index (χ2n) is 14.2. The predicted octanol–water partition coefficient (Wildman–Crippen LogP) is 14.8. The van der Waals surface area contributed by atoms with Crippen LogP contribution < -0.4 is 4.90 Å². The molecule has 9 aromatic carbocycles. The van der Waals surface area contributed by atoms with Crippen molar-refractivity contribution in [3.63, 3.8) is 0 Å². The molecule has 252 valence electrons. The van der Waals surface area contributed by atoms with E-state index in [2.05, 4.69) is 185 Å². The molecule has 3 aromatic heterocycles. The van der Waals surface area contributed by atoms with Crippen molar-refractivity contribution in [3.05, 3.63) is 182 Å². The van der Waals surface area contributed by atoms with Gasteiger partial charge in [-0.05, 0) is 94.3 Å². The maximum atomic E-state index is 6.72. The normalized spacial score (nSPS) is 12.1. The van der Waals surface area contributed by atoms with E-state index in [0.29, 0.717) is 0 Å². The summed E-state index contributed by atoms with van der Waals surface area (Å²) in [6.45, 7) is 0. The summed E-state index contributed by atoms with van der Waals surface area (Å²) in [6.07, 6.45) is 0. The van der Waals surface area contributed by atoms with Crippen molar-refractivity contribution in [2.24, 2.45) is 0 Å². The Labute approximate surface area is 314 Å². The highest BCUT2D eigenvalue weighted by molar-refractivity contribution is 7.26. The Bertz CT molecular complexity index is 3460. The molecule has 4 heteroatoms. The van der Waals surface area contributed by atoms with Gasteiger partial charge in [-0.1, -0.05) is 109 Å². The molecular weight excluding hydrogens is 677 g/mol. The summed E-state index contributed by atoms with van der Waals surface area (Å²) < 4.78 is 11.7. The minimum atomic E-state index is 0.872. The van der Waals surface area contributed by atoms with Gasteiger partial charge in [0.15, 0.2) is 5.58 Å². The first-order chi connectivity index (χ1) is 26.7. The van der Waals surface area contributed by atoms with Crippen LogP contribution in [-0.2, 0) is 0 Å². The predicted molar refractivity (Wildman–Crippen MR) is 231 cm³/mol. The van der Waals surface area contributed by atoms with E-state index in [1.165, 1.54) is 58.0 Å². The number of rotatable bonds is 4. The summed E-state index contributed by atoms with van der Waals surface area (Å²) in [5.41, 5.74) is 8.38. The van der Waals surface area contributed by atoms with Crippen molar-refractivity contribution in [1.29, 1.82) is 0 Å². The third-order valence-electron chi connectivity index (χ3n) is 11.1. The average Bonchev–Trinajstić information content (AvgIpc) is 3.88. The molecule has 0 atom stereocenters. The molecule has 0 aliphatic rings. The molecule has 0 spiro atoms. The zero-order valence-electron chi connectivity index (χ0n) is 29.0. The van der Waals surface area contributed by atoms with E-state index in [4.69, 9.17) is 4.42 Å². The lowest BCUT2D eigenvalue weighted by Gasteiger charge is -2.26. The van der Waals surface area contributed by atoms with Gasteiger partial charge in [0.2, 0.25) is 0 Å². The number of nitrogens with zero attached hydrogens (tertiary/aromatic N) is 2. The second-order valence-corrected chi connectivity index (χ2v) is 15.2. The van der Waals surface area contributed by atoms with Crippen molar-refractivity contribution < 1.29 is 4.42 Å². The van der Waals surface area contributed by atoms with Crippen molar-refractivity contribution in [2.45, 2.75) is 0 Å². The van der Waals surface area contributed by atoms with Gasteiger partial charge < -0.3 is 13.9 Å². The summed E-state index contributed by atoms with van der Waals surface area (Å²) in [4.78, 5) is 2.38. The molecule has 12 aromatic rings. The van der Waals surface area contributed by atoms with Crippen molar-refractivity contribution in [2.75, 3.05) is 4.90 Å². The van der Waals surface area contributed by atoms with E-state index < -0.39 is 0 Å². The van der Waals surface area contributed by atoms with Crippen LogP contribution in [0.5, 0.6) is 0 Å². The van der Waals surface area contributed by atoms with Crippen LogP contribution in [-0.4, -0.2) is 4.57 Å². The van der Waals surface area contributed by atoms with Crippen LogP contribution in [0.15, 0.2) is 186 Å². The first-order valence-corrected chi connectivity index (χ1v) is 19.1. The van der Waals surface area contributed by atoms with Crippen molar-refractivity contribution >= 4 is 114 Å². The number of hydrogen-bond acceptors (Lipinski definition) is 3. The molecule has 0 bridgehead atoms. The SMILES string of the molecule is c1ccc(-n2c3cc(N(c4ccc5c(c4)sc4cc6ccccc6cc45)c4cccc5c4oc4ccccc45)ccc3c3cc4ccccc4cc32)cc1. The molecule has 3 nitrogen and oxygen atoms in total. The van der Waals surface area contributed by atoms with Gasteiger partial charge in [0.1, 0.15) is 5.58 Å². The first-order valence-electron chi connectivity index (χ1n) is 18.3. The smallest absolute Gasteiger partial charge is 0.159 e. The average molecular weight is 707 g/mol. The molecule has 3 heterocycles. The molecule has 54 heavy (non-hydrogen) atoms. The standard InChI is InChI=1S/C50H30N2OS/c1-2-15-35(16-3-1)52-45-27-33-13-6-4-11-31(33)25-42(45)38-23-21-36(29-46(38)52)51(44-19-10-18-41-39-17-8-9-20-47(39)53-50(41)44)37-22-24-40-43-26-32-12-5-7-14-34(32)28-48(43)54-49(40)30-37/h1-30H. The fourth-order valence-corrected chi connectivity index (χ4v) is 9.78. The molecule has 12 rings (SSSR count). The second kappa shape index (κ2) is 11.3. The zero-order valence-corrected chi connectivity index (χ0v) is 29.8. The molecule has 0 fully saturated rings. The molecule has 0 saturated heterocycles. The number of furan rings is 1. The molecular formula is C50H30N2OS. The maximum Gasteiger partial charge on any atom is 0.159 e. The van der Waals surface area contributed by atoms with E-state index >= 15 is 0 Å². The Morgan fingerprint density at radius 1 is 0.407 bits per heavy atom. The molecule has 0 aliphatic heterocycles. The molecule has 0 unspecified atom stereocenters. The van der Waals surface area contributed by atoms with Crippen LogP contribution in [0, 0.1) is 0 Å². The quantitative estimate of drug-likeness (QED) is 0.182. The van der Waals surface area contributed by atoms with Gasteiger partial charge in [-0.15, -0.1) is 11.3 Å². The van der Waals surface area contributed by atoms with Crippen LogP contribution in [0.25, 0.3) is 91.1 Å². The van der Waals surface area contributed by atoms with Gasteiger partial charge in [-0.3, -0.25) is 0 Å². The summed E-state index contributed by atoms with van der Waals surface area (Å²) in [6, 6.07) is 66.1. The summed E-state index contributed by atoms with van der Waals surface area (Å²) >= 11 is 1.86. The summed E-state index contributed by atoms with van der Waals surface area (Å²) in [5, 5.41) is 12.3. The van der Waals surface area contributed by atoms with Gasteiger partial charge in [0, 0.05) is 58.8 Å². The monoisotopic (exact) mass is 706 g/mol. The molecule has 0 saturated carbocycles. The third kappa shape index (κ3) is 4.35. The zero-order chi connectivity index (χ0) is 35.3. The van der Waals surface area contributed by atoms with Crippen molar-refractivity contribution in [3.8, 4) is 5.69 Å². The Kier molecular flexibility index (Phi) is 6.21. The highest BCUT2D eigenvalue weighted by Gasteiger charge is 2.22. The number of thiophene rings is 1. The Hall–Kier alpha value is -6.88. The van der Waals surface area contributed by atoms with Gasteiger partial charge in [-0.2, -0.15) is 0 Å². The lowest BCUT2D eigenvalue weighted by molar-refractivity contribution is 0.669.